The molecule has 2 N–H and O–H groups in total. The number of anilines is 3. The Morgan fingerprint density at radius 3 is 2.37 bits per heavy atom. The smallest absolute Gasteiger partial charge is 0.255 e. The van der Waals surface area contributed by atoms with Crippen LogP contribution >= 0.6 is 0 Å². The molecule has 1 heterocycles. The van der Waals surface area contributed by atoms with Crippen molar-refractivity contribution in [1.29, 1.82) is 5.26 Å². The van der Waals surface area contributed by atoms with E-state index < -0.39 is 0 Å². The lowest BCUT2D eigenvalue weighted by Gasteiger charge is -2.11. The highest BCUT2D eigenvalue weighted by atomic mass is 16.1. The van der Waals surface area contributed by atoms with E-state index in [9.17, 15) is 4.79 Å². The van der Waals surface area contributed by atoms with Gasteiger partial charge in [-0.1, -0.05) is 54.6 Å². The number of nitrogens with zero attached hydrogens (tertiary/aromatic N) is 3. The van der Waals surface area contributed by atoms with Crippen LogP contribution in [0.25, 0.3) is 22.2 Å². The van der Waals surface area contributed by atoms with E-state index >= 15 is 0 Å². The summed E-state index contributed by atoms with van der Waals surface area (Å²) in [4.78, 5) is 22.2. The number of aromatic nitrogens is 2. The molecule has 6 heteroatoms. The first-order valence-corrected chi connectivity index (χ1v) is 11.1. The number of fused-ring (bicyclic) bond motifs is 1. The molecular formula is C29H21N5O. The van der Waals surface area contributed by atoms with Crippen LogP contribution in [0.15, 0.2) is 97.1 Å². The number of carbonyl (C=O) groups is 1. The highest BCUT2D eigenvalue weighted by Gasteiger charge is 2.11. The van der Waals surface area contributed by atoms with E-state index in [4.69, 9.17) is 10.2 Å². The second kappa shape index (κ2) is 9.46. The topological polar surface area (TPSA) is 90.7 Å². The Bertz CT molecular complexity index is 1570. The number of aryl methyl sites for hydroxylation is 1. The van der Waals surface area contributed by atoms with Gasteiger partial charge in [0.15, 0.2) is 0 Å². The molecule has 0 saturated carbocycles. The molecule has 1 amide bonds. The quantitative estimate of drug-likeness (QED) is 0.317. The third-order valence-corrected chi connectivity index (χ3v) is 5.67. The Labute approximate surface area is 202 Å². The van der Waals surface area contributed by atoms with E-state index in [2.05, 4.69) is 21.7 Å². The number of hydrogen-bond donors (Lipinski definition) is 2. The maximum atomic E-state index is 12.7. The fourth-order valence-corrected chi connectivity index (χ4v) is 3.80. The van der Waals surface area contributed by atoms with Crippen molar-refractivity contribution in [3.05, 3.63) is 114 Å². The molecule has 6 nitrogen and oxygen atoms in total. The number of nitriles is 1. The number of nitrogens with one attached hydrogen (secondary N) is 2. The van der Waals surface area contributed by atoms with Crippen molar-refractivity contribution >= 4 is 34.1 Å². The summed E-state index contributed by atoms with van der Waals surface area (Å²) in [6, 6.07) is 32.3. The summed E-state index contributed by atoms with van der Waals surface area (Å²) >= 11 is 0. The Morgan fingerprint density at radius 1 is 0.857 bits per heavy atom. The zero-order valence-electron chi connectivity index (χ0n) is 19.0. The van der Waals surface area contributed by atoms with Crippen molar-refractivity contribution in [3.8, 4) is 17.3 Å². The molecule has 4 aromatic carbocycles. The SMILES string of the molecule is Cc1ccc(C#N)cc1NC(=O)c1ccc(Nc2nc(-c3ccccc3)c3ccccc3n2)cc1. The van der Waals surface area contributed by atoms with Gasteiger partial charge in [-0.3, -0.25) is 4.79 Å². The molecule has 0 spiro atoms. The fraction of sp³-hybridized carbons (Fsp3) is 0.0345. The number of rotatable bonds is 5. The Hall–Kier alpha value is -5.02. The Kier molecular flexibility index (Phi) is 5.89. The van der Waals surface area contributed by atoms with Gasteiger partial charge in [0.2, 0.25) is 5.95 Å². The van der Waals surface area contributed by atoms with Crippen LogP contribution < -0.4 is 10.6 Å². The highest BCUT2D eigenvalue weighted by molar-refractivity contribution is 6.05. The van der Waals surface area contributed by atoms with Crippen LogP contribution in [0.4, 0.5) is 17.3 Å². The van der Waals surface area contributed by atoms with Crippen molar-refractivity contribution in [3.63, 3.8) is 0 Å². The van der Waals surface area contributed by atoms with Gasteiger partial charge in [0.25, 0.3) is 5.91 Å². The molecule has 0 fully saturated rings. The zero-order chi connectivity index (χ0) is 24.2. The Balaban J connectivity index is 1.39. The molecule has 0 unspecified atom stereocenters. The molecule has 35 heavy (non-hydrogen) atoms. The van der Waals surface area contributed by atoms with Crippen LogP contribution in [-0.4, -0.2) is 15.9 Å². The number of carbonyl (C=O) groups excluding carboxylic acids is 1. The number of benzene rings is 4. The van der Waals surface area contributed by atoms with E-state index in [-0.39, 0.29) is 5.91 Å². The minimum Gasteiger partial charge on any atom is -0.324 e. The predicted molar refractivity (Wildman–Crippen MR) is 139 cm³/mol. The van der Waals surface area contributed by atoms with Crippen molar-refractivity contribution in [1.82, 2.24) is 9.97 Å². The molecule has 1 aromatic heterocycles. The summed E-state index contributed by atoms with van der Waals surface area (Å²) in [7, 11) is 0. The monoisotopic (exact) mass is 455 g/mol. The summed E-state index contributed by atoms with van der Waals surface area (Å²) < 4.78 is 0. The molecule has 0 aliphatic heterocycles. The maximum Gasteiger partial charge on any atom is 0.255 e. The lowest BCUT2D eigenvalue weighted by molar-refractivity contribution is 0.102. The van der Waals surface area contributed by atoms with Crippen LogP contribution in [-0.2, 0) is 0 Å². The second-order valence-corrected chi connectivity index (χ2v) is 8.08. The molecule has 5 rings (SSSR count). The van der Waals surface area contributed by atoms with Gasteiger partial charge in [-0.25, -0.2) is 9.97 Å². The minimum absolute atomic E-state index is 0.247. The number of hydrogen-bond acceptors (Lipinski definition) is 5. The van der Waals surface area contributed by atoms with Crippen LogP contribution in [0.3, 0.4) is 0 Å². The number of amides is 1. The van der Waals surface area contributed by atoms with Gasteiger partial charge in [-0.2, -0.15) is 5.26 Å². The molecule has 0 atom stereocenters. The average molecular weight is 456 g/mol. The van der Waals surface area contributed by atoms with Crippen LogP contribution in [0.2, 0.25) is 0 Å². The summed E-state index contributed by atoms with van der Waals surface area (Å²) in [6.07, 6.45) is 0. The van der Waals surface area contributed by atoms with E-state index in [1.165, 1.54) is 0 Å². The number of para-hydroxylation sites is 1. The van der Waals surface area contributed by atoms with E-state index in [1.54, 1.807) is 24.3 Å². The van der Waals surface area contributed by atoms with Gasteiger partial charge < -0.3 is 10.6 Å². The minimum atomic E-state index is -0.247. The standard InChI is InChI=1S/C29H21N5O/c1-19-11-12-20(18-30)17-26(19)32-28(35)22-13-15-23(16-14-22)31-29-33-25-10-6-5-9-24(25)27(34-29)21-7-3-2-4-8-21/h2-17H,1H3,(H,32,35)(H,31,33,34). The first kappa shape index (κ1) is 21.8. The molecule has 0 aliphatic rings. The van der Waals surface area contributed by atoms with Gasteiger partial charge in [0.05, 0.1) is 22.8 Å². The van der Waals surface area contributed by atoms with Crippen molar-refractivity contribution in [2.75, 3.05) is 10.6 Å². The lowest BCUT2D eigenvalue weighted by Crippen LogP contribution is -2.13. The van der Waals surface area contributed by atoms with E-state index in [0.717, 1.165) is 33.4 Å². The van der Waals surface area contributed by atoms with Gasteiger partial charge in [-0.15, -0.1) is 0 Å². The summed E-state index contributed by atoms with van der Waals surface area (Å²) in [6.45, 7) is 1.89. The van der Waals surface area contributed by atoms with Crippen molar-refractivity contribution in [2.45, 2.75) is 6.92 Å². The highest BCUT2D eigenvalue weighted by Crippen LogP contribution is 2.28. The molecule has 5 aromatic rings. The summed E-state index contributed by atoms with van der Waals surface area (Å²) in [5.74, 6) is 0.228. The molecule has 0 radical (unpaired) electrons. The predicted octanol–water partition coefficient (Wildman–Crippen LogP) is 6.47. The lowest BCUT2D eigenvalue weighted by atomic mass is 10.1. The van der Waals surface area contributed by atoms with Crippen molar-refractivity contribution in [2.24, 2.45) is 0 Å². The first-order valence-electron chi connectivity index (χ1n) is 11.1. The maximum absolute atomic E-state index is 12.7. The third kappa shape index (κ3) is 4.70. The Morgan fingerprint density at radius 2 is 1.60 bits per heavy atom. The van der Waals surface area contributed by atoms with Gasteiger partial charge in [0.1, 0.15) is 0 Å². The van der Waals surface area contributed by atoms with Crippen LogP contribution in [0.1, 0.15) is 21.5 Å². The second-order valence-electron chi connectivity index (χ2n) is 8.08. The van der Waals surface area contributed by atoms with Gasteiger partial charge in [-0.05, 0) is 55.0 Å². The molecular weight excluding hydrogens is 434 g/mol. The summed E-state index contributed by atoms with van der Waals surface area (Å²) in [5.41, 5.74) is 5.97. The molecule has 0 aliphatic carbocycles. The molecule has 0 saturated heterocycles. The van der Waals surface area contributed by atoms with Crippen LogP contribution in [0.5, 0.6) is 0 Å². The molecule has 168 valence electrons. The summed E-state index contributed by atoms with van der Waals surface area (Å²) in [5, 5.41) is 16.2. The van der Waals surface area contributed by atoms with Crippen LogP contribution in [0, 0.1) is 18.3 Å². The molecule has 0 bridgehead atoms. The van der Waals surface area contributed by atoms with Crippen molar-refractivity contribution < 1.29 is 4.79 Å². The average Bonchev–Trinajstić information content (AvgIpc) is 2.90. The van der Waals surface area contributed by atoms with E-state index in [1.807, 2.05) is 79.7 Å². The largest absolute Gasteiger partial charge is 0.324 e. The third-order valence-electron chi connectivity index (χ3n) is 5.67. The fourth-order valence-electron chi connectivity index (χ4n) is 3.80. The normalized spacial score (nSPS) is 10.5. The van der Waals surface area contributed by atoms with Gasteiger partial charge in [0, 0.05) is 27.9 Å². The van der Waals surface area contributed by atoms with E-state index in [0.29, 0.717) is 22.8 Å². The van der Waals surface area contributed by atoms with Gasteiger partial charge >= 0.3 is 0 Å². The first-order chi connectivity index (χ1) is 17.1. The zero-order valence-corrected chi connectivity index (χ0v) is 19.0.